The molecule has 4 N–H and O–H groups in total. The summed E-state index contributed by atoms with van der Waals surface area (Å²) in [5.74, 6) is -0.732. The number of hydrogen-bond donors (Lipinski definition) is 3. The van der Waals surface area contributed by atoms with Crippen molar-refractivity contribution in [2.75, 3.05) is 17.6 Å². The van der Waals surface area contributed by atoms with Gasteiger partial charge in [0.1, 0.15) is 5.82 Å². The van der Waals surface area contributed by atoms with Crippen LogP contribution in [0.25, 0.3) is 0 Å². The molecule has 0 bridgehead atoms. The molecule has 0 amide bonds. The maximum Gasteiger partial charge on any atom is 0.354 e. The van der Waals surface area contributed by atoms with Gasteiger partial charge in [-0.1, -0.05) is 5.21 Å². The first kappa shape index (κ1) is 11.8. The van der Waals surface area contributed by atoms with Crippen molar-refractivity contribution in [3.63, 3.8) is 0 Å². The minimum atomic E-state index is -1.09. The van der Waals surface area contributed by atoms with Crippen LogP contribution < -0.4 is 11.1 Å². The number of carboxylic acids is 1. The van der Waals surface area contributed by atoms with Gasteiger partial charge in [-0.15, -0.1) is 5.10 Å². The fraction of sp³-hybridized carbons (Fsp3) is 0.200. The van der Waals surface area contributed by atoms with Gasteiger partial charge < -0.3 is 16.2 Å². The summed E-state index contributed by atoms with van der Waals surface area (Å²) < 4.78 is 1.64. The number of hydrogen-bond acceptors (Lipinski definition) is 6. The highest BCUT2D eigenvalue weighted by atomic mass is 16.4. The first-order valence-electron chi connectivity index (χ1n) is 5.24. The van der Waals surface area contributed by atoms with Crippen LogP contribution in [0.3, 0.4) is 0 Å². The van der Waals surface area contributed by atoms with E-state index in [-0.39, 0.29) is 5.69 Å². The number of carboxylic acid groups (broad SMARTS) is 1. The molecular formula is C10H12N6O2. The number of aromatic carboxylic acids is 1. The number of nitrogens with one attached hydrogen (secondary N) is 1. The molecule has 0 aromatic carbocycles. The van der Waals surface area contributed by atoms with E-state index >= 15 is 0 Å². The maximum atomic E-state index is 10.8. The first-order chi connectivity index (χ1) is 8.66. The van der Waals surface area contributed by atoms with Crippen molar-refractivity contribution >= 4 is 17.5 Å². The Morgan fingerprint density at radius 1 is 1.50 bits per heavy atom. The molecule has 94 valence electrons. The van der Waals surface area contributed by atoms with E-state index in [0.717, 1.165) is 0 Å². The van der Waals surface area contributed by atoms with Gasteiger partial charge in [0.05, 0.1) is 18.4 Å². The molecule has 2 rings (SSSR count). The van der Waals surface area contributed by atoms with Crippen LogP contribution in [0.5, 0.6) is 0 Å². The van der Waals surface area contributed by atoms with Crippen LogP contribution in [-0.2, 0) is 6.54 Å². The zero-order chi connectivity index (χ0) is 13.0. The number of nitrogen functional groups attached to an aromatic ring is 1. The fourth-order valence-electron chi connectivity index (χ4n) is 1.37. The minimum absolute atomic E-state index is 0.0487. The topological polar surface area (TPSA) is 119 Å². The summed E-state index contributed by atoms with van der Waals surface area (Å²) >= 11 is 0. The molecule has 0 aliphatic rings. The SMILES string of the molecule is Nc1ccc(C(=O)O)nc1NCCn1ccnn1. The van der Waals surface area contributed by atoms with E-state index in [1.807, 2.05) is 0 Å². The molecule has 2 aromatic rings. The third kappa shape index (κ3) is 2.73. The molecule has 0 aliphatic carbocycles. The van der Waals surface area contributed by atoms with E-state index < -0.39 is 5.97 Å². The van der Waals surface area contributed by atoms with Crippen molar-refractivity contribution in [3.8, 4) is 0 Å². The van der Waals surface area contributed by atoms with Crippen molar-refractivity contribution in [2.45, 2.75) is 6.54 Å². The molecule has 0 aliphatic heterocycles. The van der Waals surface area contributed by atoms with Gasteiger partial charge in [0, 0.05) is 12.7 Å². The normalized spacial score (nSPS) is 10.2. The zero-order valence-electron chi connectivity index (χ0n) is 9.45. The summed E-state index contributed by atoms with van der Waals surface area (Å²) in [5, 5.41) is 19.2. The molecule has 0 fully saturated rings. The Hall–Kier alpha value is -2.64. The summed E-state index contributed by atoms with van der Waals surface area (Å²) in [6, 6.07) is 2.87. The average molecular weight is 248 g/mol. The molecule has 2 heterocycles. The second kappa shape index (κ2) is 5.13. The Balaban J connectivity index is 2.00. The lowest BCUT2D eigenvalue weighted by Crippen LogP contribution is -2.14. The second-order valence-corrected chi connectivity index (χ2v) is 3.53. The van der Waals surface area contributed by atoms with Crippen LogP contribution in [0.4, 0.5) is 11.5 Å². The summed E-state index contributed by atoms with van der Waals surface area (Å²) in [5.41, 5.74) is 6.05. The lowest BCUT2D eigenvalue weighted by molar-refractivity contribution is 0.0690. The molecule has 8 heteroatoms. The molecule has 8 nitrogen and oxygen atoms in total. The van der Waals surface area contributed by atoms with Crippen molar-refractivity contribution in [2.24, 2.45) is 0 Å². The molecular weight excluding hydrogens is 236 g/mol. The zero-order valence-corrected chi connectivity index (χ0v) is 9.45. The van der Waals surface area contributed by atoms with Gasteiger partial charge in [0.15, 0.2) is 5.69 Å². The van der Waals surface area contributed by atoms with Crippen molar-refractivity contribution in [1.29, 1.82) is 0 Å². The quantitative estimate of drug-likeness (QED) is 0.684. The average Bonchev–Trinajstić information content (AvgIpc) is 2.84. The van der Waals surface area contributed by atoms with Gasteiger partial charge in [-0.25, -0.2) is 9.78 Å². The van der Waals surface area contributed by atoms with Crippen molar-refractivity contribution in [3.05, 3.63) is 30.2 Å². The van der Waals surface area contributed by atoms with Gasteiger partial charge in [-0.05, 0) is 12.1 Å². The second-order valence-electron chi connectivity index (χ2n) is 3.53. The molecule has 0 unspecified atom stereocenters. The van der Waals surface area contributed by atoms with Gasteiger partial charge in [0.25, 0.3) is 0 Å². The fourth-order valence-corrected chi connectivity index (χ4v) is 1.37. The van der Waals surface area contributed by atoms with Crippen LogP contribution in [0.1, 0.15) is 10.5 Å². The minimum Gasteiger partial charge on any atom is -0.477 e. The van der Waals surface area contributed by atoms with E-state index in [4.69, 9.17) is 10.8 Å². The highest BCUT2D eigenvalue weighted by Gasteiger charge is 2.08. The number of aromatic nitrogens is 4. The van der Waals surface area contributed by atoms with Crippen LogP contribution in [0.2, 0.25) is 0 Å². The predicted molar refractivity (Wildman–Crippen MR) is 64.1 cm³/mol. The van der Waals surface area contributed by atoms with Gasteiger partial charge in [-0.2, -0.15) is 0 Å². The number of pyridine rings is 1. The van der Waals surface area contributed by atoms with Gasteiger partial charge >= 0.3 is 5.97 Å². The molecule has 0 saturated heterocycles. The Bertz CT molecular complexity index is 539. The van der Waals surface area contributed by atoms with E-state index in [1.165, 1.54) is 12.1 Å². The Kier molecular flexibility index (Phi) is 3.37. The van der Waals surface area contributed by atoms with Crippen molar-refractivity contribution < 1.29 is 9.90 Å². The monoisotopic (exact) mass is 248 g/mol. The molecule has 18 heavy (non-hydrogen) atoms. The molecule has 2 aromatic heterocycles. The van der Waals surface area contributed by atoms with Gasteiger partial charge in [0.2, 0.25) is 0 Å². The number of rotatable bonds is 5. The third-order valence-corrected chi connectivity index (χ3v) is 2.25. The van der Waals surface area contributed by atoms with E-state index in [0.29, 0.717) is 24.6 Å². The van der Waals surface area contributed by atoms with E-state index in [1.54, 1.807) is 17.1 Å². The lowest BCUT2D eigenvalue weighted by atomic mass is 10.3. The summed E-state index contributed by atoms with van der Waals surface area (Å²) in [6.07, 6.45) is 3.31. The van der Waals surface area contributed by atoms with Crippen molar-refractivity contribution in [1.82, 2.24) is 20.0 Å². The Morgan fingerprint density at radius 2 is 2.33 bits per heavy atom. The largest absolute Gasteiger partial charge is 0.477 e. The predicted octanol–water partition coefficient (Wildman–Crippen LogP) is 0.0656. The standard InChI is InChI=1S/C10H12N6O2/c11-7-1-2-8(10(17)18)14-9(7)12-3-5-16-6-4-13-15-16/h1-2,4,6H,3,5,11H2,(H,12,14)(H,17,18). The van der Waals surface area contributed by atoms with Crippen LogP contribution in [-0.4, -0.2) is 37.6 Å². The lowest BCUT2D eigenvalue weighted by Gasteiger charge is -2.08. The molecule has 0 saturated carbocycles. The van der Waals surface area contributed by atoms with Crippen LogP contribution >= 0.6 is 0 Å². The molecule has 0 radical (unpaired) electrons. The summed E-state index contributed by atoms with van der Waals surface area (Å²) in [6.45, 7) is 1.10. The highest BCUT2D eigenvalue weighted by Crippen LogP contribution is 2.15. The van der Waals surface area contributed by atoms with Crippen LogP contribution in [0, 0.1) is 0 Å². The summed E-state index contributed by atoms with van der Waals surface area (Å²) in [7, 11) is 0. The molecule has 0 atom stereocenters. The highest BCUT2D eigenvalue weighted by molar-refractivity contribution is 5.86. The number of nitrogens with zero attached hydrogens (tertiary/aromatic N) is 4. The summed E-state index contributed by atoms with van der Waals surface area (Å²) in [4.78, 5) is 14.7. The van der Waals surface area contributed by atoms with Gasteiger partial charge in [-0.3, -0.25) is 4.68 Å². The number of nitrogens with two attached hydrogens (primary N) is 1. The Labute approximate surface area is 102 Å². The third-order valence-electron chi connectivity index (χ3n) is 2.25. The Morgan fingerprint density at radius 3 is 3.00 bits per heavy atom. The van der Waals surface area contributed by atoms with E-state index in [2.05, 4.69) is 20.6 Å². The molecule has 0 spiro atoms. The van der Waals surface area contributed by atoms with Crippen LogP contribution in [0.15, 0.2) is 24.5 Å². The maximum absolute atomic E-state index is 10.8. The number of carbonyl (C=O) groups is 1. The first-order valence-corrected chi connectivity index (χ1v) is 5.24. The van der Waals surface area contributed by atoms with E-state index in [9.17, 15) is 4.79 Å². The smallest absolute Gasteiger partial charge is 0.354 e. The number of anilines is 2.